The number of urea groups is 1. The normalized spacial score (nSPS) is 20.2. The zero-order valence-corrected chi connectivity index (χ0v) is 28.0. The maximum Gasteiger partial charge on any atom is 0.322 e. The molecule has 2 fully saturated rings. The highest BCUT2D eigenvalue weighted by Crippen LogP contribution is 2.35. The van der Waals surface area contributed by atoms with Crippen molar-refractivity contribution in [2.45, 2.75) is 57.7 Å². The topological polar surface area (TPSA) is 143 Å². The lowest BCUT2D eigenvalue weighted by atomic mass is 10.0. The number of alkyl halides is 2. The highest BCUT2D eigenvalue weighted by Gasteiger charge is 2.43. The van der Waals surface area contributed by atoms with Crippen LogP contribution in [0.5, 0.6) is 0 Å². The van der Waals surface area contributed by atoms with Crippen molar-refractivity contribution in [3.8, 4) is 11.1 Å². The van der Waals surface area contributed by atoms with Crippen molar-refractivity contribution in [3.05, 3.63) is 77.2 Å². The van der Waals surface area contributed by atoms with Crippen molar-refractivity contribution < 1.29 is 32.3 Å². The maximum atomic E-state index is 15.7. The van der Waals surface area contributed by atoms with E-state index < -0.39 is 48.1 Å². The van der Waals surface area contributed by atoms with Gasteiger partial charge in [-0.2, -0.15) is 5.10 Å². The molecule has 4 aromatic rings. The number of carbonyl (C=O) groups is 4. The molecule has 6 rings (SSSR count). The quantitative estimate of drug-likeness (QED) is 0.212. The molecule has 50 heavy (non-hydrogen) atoms. The van der Waals surface area contributed by atoms with Crippen LogP contribution in [0, 0.1) is 11.7 Å². The second-order valence-electron chi connectivity index (χ2n) is 12.8. The lowest BCUT2D eigenvalue weighted by Crippen LogP contribution is -2.47. The average molecular weight is 710 g/mol. The fourth-order valence-electron chi connectivity index (χ4n) is 6.70. The van der Waals surface area contributed by atoms with Gasteiger partial charge in [-0.05, 0) is 56.0 Å². The van der Waals surface area contributed by atoms with Crippen LogP contribution in [-0.4, -0.2) is 74.4 Å². The smallest absolute Gasteiger partial charge is 0.322 e. The number of anilines is 2. The molecule has 0 bridgehead atoms. The van der Waals surface area contributed by atoms with Gasteiger partial charge in [0.15, 0.2) is 11.5 Å². The van der Waals surface area contributed by atoms with Gasteiger partial charge in [0, 0.05) is 46.2 Å². The van der Waals surface area contributed by atoms with E-state index in [9.17, 15) is 28.0 Å². The largest absolute Gasteiger partial charge is 0.364 e. The van der Waals surface area contributed by atoms with E-state index in [1.165, 1.54) is 33.8 Å². The average Bonchev–Trinajstić information content (AvgIpc) is 3.58. The van der Waals surface area contributed by atoms with E-state index in [0.29, 0.717) is 22.5 Å². The molecule has 4 N–H and O–H groups in total. The molecule has 3 aromatic carbocycles. The summed E-state index contributed by atoms with van der Waals surface area (Å²) in [5.41, 5.74) is 6.61. The lowest BCUT2D eigenvalue weighted by Gasteiger charge is -2.32. The van der Waals surface area contributed by atoms with Crippen LogP contribution in [0.15, 0.2) is 60.7 Å². The molecule has 0 spiro atoms. The molecule has 5 amide bonds. The van der Waals surface area contributed by atoms with Gasteiger partial charge in [-0.3, -0.25) is 19.1 Å². The summed E-state index contributed by atoms with van der Waals surface area (Å²) in [6.45, 7) is 2.83. The van der Waals surface area contributed by atoms with Gasteiger partial charge in [0.25, 0.3) is 11.8 Å². The van der Waals surface area contributed by atoms with E-state index in [0.717, 1.165) is 4.90 Å². The molecule has 0 saturated carbocycles. The predicted molar refractivity (Wildman–Crippen MR) is 182 cm³/mol. The summed E-state index contributed by atoms with van der Waals surface area (Å²) in [6.07, 6.45) is 0.194. The van der Waals surface area contributed by atoms with Gasteiger partial charge in [0.2, 0.25) is 11.8 Å². The number of piperidine rings is 1. The zero-order chi connectivity index (χ0) is 35.9. The Morgan fingerprint density at radius 3 is 2.48 bits per heavy atom. The number of likely N-dealkylation sites (tertiary alicyclic amines) is 2. The number of hydrogen-bond acceptors (Lipinski definition) is 5. The number of rotatable bonds is 7. The van der Waals surface area contributed by atoms with Gasteiger partial charge in [-0.1, -0.05) is 48.9 Å². The van der Waals surface area contributed by atoms with Crippen LogP contribution >= 0.6 is 11.6 Å². The Morgan fingerprint density at radius 1 is 1.02 bits per heavy atom. The minimum atomic E-state index is -2.98. The fraction of sp³-hybridized carbons (Fsp3) is 0.343. The highest BCUT2D eigenvalue weighted by molar-refractivity contribution is 6.33. The third-order valence-electron chi connectivity index (χ3n) is 9.40. The van der Waals surface area contributed by atoms with E-state index in [1.54, 1.807) is 36.4 Å². The number of nitrogens with two attached hydrogens (primary N) is 1. The number of amides is 5. The zero-order valence-electron chi connectivity index (χ0n) is 27.3. The van der Waals surface area contributed by atoms with Gasteiger partial charge in [0.05, 0.1) is 17.7 Å². The summed E-state index contributed by atoms with van der Waals surface area (Å²) in [6, 6.07) is 13.8. The van der Waals surface area contributed by atoms with E-state index in [4.69, 9.17) is 17.3 Å². The summed E-state index contributed by atoms with van der Waals surface area (Å²) in [7, 11) is 0. The van der Waals surface area contributed by atoms with Crippen LogP contribution in [0.2, 0.25) is 5.02 Å². The molecule has 11 nitrogen and oxygen atoms in total. The molecule has 15 heteroatoms. The van der Waals surface area contributed by atoms with E-state index in [1.807, 2.05) is 13.8 Å². The minimum absolute atomic E-state index is 0.0620. The molecular weight excluding hydrogens is 675 g/mol. The van der Waals surface area contributed by atoms with Crippen LogP contribution < -0.4 is 16.4 Å². The predicted octanol–water partition coefficient (Wildman–Crippen LogP) is 6.12. The molecule has 3 heterocycles. The first-order chi connectivity index (χ1) is 23.7. The molecule has 2 aliphatic heterocycles. The molecule has 2 aliphatic rings. The van der Waals surface area contributed by atoms with Gasteiger partial charge in [0.1, 0.15) is 12.6 Å². The SMILES string of the molecule is C[C@@H]1C[C@@H](C(=O)Nc2cccc(-c3ccccc3Cl)c2F)N(C(=O)Cn2nc(C(N)=O)c3cc(NC(=O)N4CCCC(F)(F)C4)ccc32)[C@@H]1C. The summed E-state index contributed by atoms with van der Waals surface area (Å²) in [4.78, 5) is 55.1. The fourth-order valence-corrected chi connectivity index (χ4v) is 6.94. The van der Waals surface area contributed by atoms with Crippen LogP contribution in [0.25, 0.3) is 22.0 Å². The monoisotopic (exact) mass is 709 g/mol. The number of benzene rings is 3. The summed E-state index contributed by atoms with van der Waals surface area (Å²) >= 11 is 6.29. The standard InChI is InChI=1S/C35H35ClF3N7O4/c1-19-15-28(33(49)42-26-10-5-8-23(30(26)37)22-7-3-4-9-25(22)36)46(20(19)2)29(47)17-45-27-12-11-21(16-24(27)31(43-45)32(40)48)41-34(50)44-14-6-13-35(38,39)18-44/h3-5,7-12,16,19-20,28H,6,13-15,17-18H2,1-2H3,(H2,40,48)(H,41,50)(H,42,49)/t19-,20-,28+/m1/s1. The molecule has 3 atom stereocenters. The second kappa shape index (κ2) is 13.7. The third-order valence-corrected chi connectivity index (χ3v) is 9.73. The summed E-state index contributed by atoms with van der Waals surface area (Å²) < 4.78 is 44.7. The first kappa shape index (κ1) is 34.7. The molecule has 262 valence electrons. The summed E-state index contributed by atoms with van der Waals surface area (Å²) in [5.74, 6) is -5.65. The highest BCUT2D eigenvalue weighted by atomic mass is 35.5. The van der Waals surface area contributed by atoms with Crippen LogP contribution in [0.4, 0.5) is 29.3 Å². The number of aromatic nitrogens is 2. The van der Waals surface area contributed by atoms with Crippen LogP contribution in [0.3, 0.4) is 0 Å². The summed E-state index contributed by atoms with van der Waals surface area (Å²) in [5, 5.41) is 10.1. The van der Waals surface area contributed by atoms with Gasteiger partial charge >= 0.3 is 6.03 Å². The van der Waals surface area contributed by atoms with Crippen LogP contribution in [-0.2, 0) is 16.1 Å². The maximum absolute atomic E-state index is 15.7. The van der Waals surface area contributed by atoms with Gasteiger partial charge in [-0.25, -0.2) is 18.0 Å². The Balaban J connectivity index is 1.22. The van der Waals surface area contributed by atoms with Crippen molar-refractivity contribution in [3.63, 3.8) is 0 Å². The lowest BCUT2D eigenvalue weighted by molar-refractivity contribution is -0.139. The van der Waals surface area contributed by atoms with Crippen molar-refractivity contribution in [2.75, 3.05) is 23.7 Å². The van der Waals surface area contributed by atoms with E-state index in [2.05, 4.69) is 15.7 Å². The van der Waals surface area contributed by atoms with Gasteiger partial charge < -0.3 is 26.2 Å². The number of nitrogens with one attached hydrogen (secondary N) is 2. The van der Waals surface area contributed by atoms with Gasteiger partial charge in [-0.15, -0.1) is 0 Å². The first-order valence-electron chi connectivity index (χ1n) is 16.1. The van der Waals surface area contributed by atoms with Crippen molar-refractivity contribution in [1.82, 2.24) is 19.6 Å². The Morgan fingerprint density at radius 2 is 1.76 bits per heavy atom. The first-order valence-corrected chi connectivity index (χ1v) is 16.5. The molecule has 0 unspecified atom stereocenters. The number of nitrogens with zero attached hydrogens (tertiary/aromatic N) is 4. The molecule has 2 saturated heterocycles. The number of fused-ring (bicyclic) bond motifs is 1. The number of hydrogen-bond donors (Lipinski definition) is 3. The van der Waals surface area contributed by atoms with Crippen molar-refractivity contribution in [1.29, 1.82) is 0 Å². The molecule has 0 radical (unpaired) electrons. The van der Waals surface area contributed by atoms with E-state index >= 15 is 4.39 Å². The Hall–Kier alpha value is -5.11. The Labute approximate surface area is 290 Å². The third kappa shape index (κ3) is 6.84. The van der Waals surface area contributed by atoms with Crippen molar-refractivity contribution >= 4 is 57.6 Å². The Kier molecular flexibility index (Phi) is 9.49. The van der Waals surface area contributed by atoms with E-state index in [-0.39, 0.29) is 65.9 Å². The number of halogens is 4. The number of primary amides is 1. The minimum Gasteiger partial charge on any atom is -0.364 e. The Bertz CT molecular complexity index is 2000. The molecule has 1 aromatic heterocycles. The number of carbonyl (C=O) groups excluding carboxylic acids is 4. The second-order valence-corrected chi connectivity index (χ2v) is 13.2. The molecule has 0 aliphatic carbocycles. The molecular formula is C35H35ClF3N7O4. The van der Waals surface area contributed by atoms with Crippen LogP contribution in [0.1, 0.15) is 43.6 Å². The van der Waals surface area contributed by atoms with Crippen molar-refractivity contribution in [2.24, 2.45) is 11.7 Å².